The molecule has 6 heteroatoms. The summed E-state index contributed by atoms with van der Waals surface area (Å²) in [5, 5.41) is 0. The molecular weight excluding hydrogens is 187 g/mol. The van der Waals surface area contributed by atoms with Crippen LogP contribution in [0.2, 0.25) is 0 Å². The maximum atomic E-state index is 12.8. The van der Waals surface area contributed by atoms with E-state index in [0.717, 1.165) is 13.3 Å². The van der Waals surface area contributed by atoms with Gasteiger partial charge in [0, 0.05) is 6.20 Å². The lowest BCUT2D eigenvalue weighted by Crippen LogP contribution is -2.14. The van der Waals surface area contributed by atoms with Gasteiger partial charge < -0.3 is 9.72 Å². The fraction of sp³-hybridized carbons (Fsp3) is 0.286. The van der Waals surface area contributed by atoms with Gasteiger partial charge in [-0.25, -0.2) is 13.2 Å². The number of methoxy groups -OCH3 is 1. The summed E-state index contributed by atoms with van der Waals surface area (Å²) in [6.45, 7) is 0. The third-order valence-corrected chi connectivity index (χ3v) is 1.47. The number of H-pyrrole nitrogens is 1. The molecule has 0 aliphatic heterocycles. The molecule has 0 fully saturated rings. The van der Waals surface area contributed by atoms with Crippen molar-refractivity contribution in [2.75, 3.05) is 7.11 Å². The summed E-state index contributed by atoms with van der Waals surface area (Å²) in [4.78, 5) is 12.5. The zero-order valence-corrected chi connectivity index (χ0v) is 6.61. The van der Waals surface area contributed by atoms with Gasteiger partial charge >= 0.3 is 0 Å². The highest BCUT2D eigenvalue weighted by molar-refractivity contribution is 5.32. The van der Waals surface area contributed by atoms with Crippen LogP contribution in [0.15, 0.2) is 11.0 Å². The molecule has 1 N–H and O–H groups in total. The molecule has 0 bridgehead atoms. The van der Waals surface area contributed by atoms with Crippen LogP contribution in [0.5, 0.6) is 5.75 Å². The normalized spacial score (nSPS) is 10.5. The molecule has 1 aromatic rings. The van der Waals surface area contributed by atoms with Gasteiger partial charge in [-0.2, -0.15) is 0 Å². The SMILES string of the molecule is COc1c[nH]c(=O)c(F)c1C(F)F. The first-order chi connectivity index (χ1) is 6.07. The van der Waals surface area contributed by atoms with E-state index >= 15 is 0 Å². The van der Waals surface area contributed by atoms with Gasteiger partial charge in [0.15, 0.2) is 0 Å². The van der Waals surface area contributed by atoms with Gasteiger partial charge in [0.1, 0.15) is 11.3 Å². The van der Waals surface area contributed by atoms with E-state index in [0.29, 0.717) is 0 Å². The molecule has 0 saturated carbocycles. The Hall–Kier alpha value is -1.46. The third kappa shape index (κ3) is 1.66. The summed E-state index contributed by atoms with van der Waals surface area (Å²) in [5.74, 6) is -1.87. The first-order valence-electron chi connectivity index (χ1n) is 3.31. The molecule has 0 radical (unpaired) electrons. The smallest absolute Gasteiger partial charge is 0.284 e. The predicted octanol–water partition coefficient (Wildman–Crippen LogP) is 1.46. The second-order valence-corrected chi connectivity index (χ2v) is 2.21. The number of alkyl halides is 2. The van der Waals surface area contributed by atoms with Crippen molar-refractivity contribution >= 4 is 0 Å². The van der Waals surface area contributed by atoms with E-state index in [1.54, 1.807) is 0 Å². The van der Waals surface area contributed by atoms with Gasteiger partial charge in [-0.15, -0.1) is 0 Å². The third-order valence-electron chi connectivity index (χ3n) is 1.47. The molecule has 0 aromatic carbocycles. The Kier molecular flexibility index (Phi) is 2.60. The van der Waals surface area contributed by atoms with Crippen molar-refractivity contribution in [1.82, 2.24) is 4.98 Å². The number of halogens is 3. The van der Waals surface area contributed by atoms with E-state index in [2.05, 4.69) is 4.74 Å². The quantitative estimate of drug-likeness (QED) is 0.772. The van der Waals surface area contributed by atoms with Crippen LogP contribution in [0.1, 0.15) is 12.0 Å². The summed E-state index contributed by atoms with van der Waals surface area (Å²) in [7, 11) is 1.11. The molecule has 1 rings (SSSR count). The summed E-state index contributed by atoms with van der Waals surface area (Å²) in [6.07, 6.45) is -2.18. The number of ether oxygens (including phenoxy) is 1. The fourth-order valence-corrected chi connectivity index (χ4v) is 0.875. The van der Waals surface area contributed by atoms with Crippen LogP contribution in [-0.4, -0.2) is 12.1 Å². The van der Waals surface area contributed by atoms with E-state index in [1.807, 2.05) is 4.98 Å². The zero-order valence-electron chi connectivity index (χ0n) is 6.61. The number of aromatic nitrogens is 1. The van der Waals surface area contributed by atoms with Crippen LogP contribution in [0, 0.1) is 5.82 Å². The highest BCUT2D eigenvalue weighted by atomic mass is 19.3. The molecule has 3 nitrogen and oxygen atoms in total. The van der Waals surface area contributed by atoms with Crippen molar-refractivity contribution in [2.24, 2.45) is 0 Å². The van der Waals surface area contributed by atoms with Crippen molar-refractivity contribution in [3.05, 3.63) is 27.9 Å². The molecule has 0 aliphatic carbocycles. The molecule has 13 heavy (non-hydrogen) atoms. The van der Waals surface area contributed by atoms with E-state index in [1.165, 1.54) is 0 Å². The van der Waals surface area contributed by atoms with Crippen LogP contribution >= 0.6 is 0 Å². The molecule has 1 heterocycles. The number of pyridine rings is 1. The second kappa shape index (κ2) is 3.51. The fourth-order valence-electron chi connectivity index (χ4n) is 0.875. The number of nitrogens with one attached hydrogen (secondary N) is 1. The van der Waals surface area contributed by atoms with Gasteiger partial charge in [0.25, 0.3) is 12.0 Å². The number of hydrogen-bond acceptors (Lipinski definition) is 2. The summed E-state index contributed by atoms with van der Waals surface area (Å²) in [6, 6.07) is 0. The Morgan fingerprint density at radius 2 is 2.15 bits per heavy atom. The zero-order chi connectivity index (χ0) is 10.0. The minimum atomic E-state index is -3.07. The van der Waals surface area contributed by atoms with Gasteiger partial charge in [0.2, 0.25) is 5.82 Å². The molecule has 0 unspecified atom stereocenters. The highest BCUT2D eigenvalue weighted by Crippen LogP contribution is 2.28. The van der Waals surface area contributed by atoms with E-state index in [-0.39, 0.29) is 5.75 Å². The van der Waals surface area contributed by atoms with Crippen molar-refractivity contribution in [1.29, 1.82) is 0 Å². The summed E-state index contributed by atoms with van der Waals surface area (Å²) >= 11 is 0. The van der Waals surface area contributed by atoms with Crippen molar-refractivity contribution in [2.45, 2.75) is 6.43 Å². The van der Waals surface area contributed by atoms with Gasteiger partial charge in [-0.1, -0.05) is 0 Å². The molecule has 0 saturated heterocycles. The Labute approximate surface area is 71.2 Å². The lowest BCUT2D eigenvalue weighted by atomic mass is 10.2. The second-order valence-electron chi connectivity index (χ2n) is 2.21. The van der Waals surface area contributed by atoms with Gasteiger partial charge in [0.05, 0.1) is 7.11 Å². The van der Waals surface area contributed by atoms with E-state index in [4.69, 9.17) is 0 Å². The number of rotatable bonds is 2. The lowest BCUT2D eigenvalue weighted by Gasteiger charge is -2.06. The molecule has 0 spiro atoms. The molecule has 1 aromatic heterocycles. The average molecular weight is 193 g/mol. The van der Waals surface area contributed by atoms with Gasteiger partial charge in [-0.05, 0) is 0 Å². The maximum absolute atomic E-state index is 12.8. The highest BCUT2D eigenvalue weighted by Gasteiger charge is 2.21. The Morgan fingerprint density at radius 3 is 2.62 bits per heavy atom. The van der Waals surface area contributed by atoms with Gasteiger partial charge in [-0.3, -0.25) is 4.79 Å². The molecular formula is C7H6F3NO2. The summed E-state index contributed by atoms with van der Waals surface area (Å²) < 4.78 is 41.6. The van der Waals surface area contributed by atoms with E-state index in [9.17, 15) is 18.0 Å². The van der Waals surface area contributed by atoms with Crippen molar-refractivity contribution < 1.29 is 17.9 Å². The standard InChI is InChI=1S/C7H6F3NO2/c1-13-3-2-11-7(12)5(8)4(3)6(9)10/h2,6H,1H3,(H,11,12). The number of hydrogen-bond donors (Lipinski definition) is 1. The first kappa shape index (κ1) is 9.63. The number of aromatic amines is 1. The Balaban J connectivity index is 3.41. The van der Waals surface area contributed by atoms with Crippen LogP contribution < -0.4 is 10.3 Å². The van der Waals surface area contributed by atoms with Crippen LogP contribution in [0.4, 0.5) is 13.2 Å². The first-order valence-corrected chi connectivity index (χ1v) is 3.31. The largest absolute Gasteiger partial charge is 0.495 e. The molecule has 72 valence electrons. The molecule has 0 atom stereocenters. The van der Waals surface area contributed by atoms with E-state index < -0.39 is 23.4 Å². The van der Waals surface area contributed by atoms with Crippen molar-refractivity contribution in [3.8, 4) is 5.75 Å². The molecule has 0 aliphatic rings. The Morgan fingerprint density at radius 1 is 1.54 bits per heavy atom. The maximum Gasteiger partial charge on any atom is 0.284 e. The topological polar surface area (TPSA) is 42.1 Å². The minimum absolute atomic E-state index is 0.368. The minimum Gasteiger partial charge on any atom is -0.495 e. The monoisotopic (exact) mass is 193 g/mol. The van der Waals surface area contributed by atoms with Crippen LogP contribution in [0.25, 0.3) is 0 Å². The average Bonchev–Trinajstić information content (AvgIpc) is 2.08. The predicted molar refractivity (Wildman–Crippen MR) is 38.5 cm³/mol. The van der Waals surface area contributed by atoms with Crippen LogP contribution in [0.3, 0.4) is 0 Å². The molecule has 0 amide bonds. The van der Waals surface area contributed by atoms with Crippen molar-refractivity contribution in [3.63, 3.8) is 0 Å². The van der Waals surface area contributed by atoms with Crippen LogP contribution in [-0.2, 0) is 0 Å². The Bertz CT molecular complexity index is 361. The lowest BCUT2D eigenvalue weighted by molar-refractivity contribution is 0.141. The summed E-state index contributed by atoms with van der Waals surface area (Å²) in [5.41, 5.74) is -2.19.